The Morgan fingerprint density at radius 1 is 1.11 bits per heavy atom. The van der Waals surface area contributed by atoms with E-state index < -0.39 is 0 Å². The number of fused-ring (bicyclic) bond motifs is 1. The van der Waals surface area contributed by atoms with Gasteiger partial charge in [0.25, 0.3) is 0 Å². The lowest BCUT2D eigenvalue weighted by Gasteiger charge is -2.26. The fraction of sp³-hybridized carbons (Fsp3) is 0.500. The highest BCUT2D eigenvalue weighted by atomic mass is 35.5. The summed E-state index contributed by atoms with van der Waals surface area (Å²) in [5, 5.41) is 0.0631. The van der Waals surface area contributed by atoms with Crippen LogP contribution in [0.4, 0.5) is 0 Å². The first kappa shape index (κ1) is 11.8. The van der Waals surface area contributed by atoms with Gasteiger partial charge in [0.15, 0.2) is 0 Å². The van der Waals surface area contributed by atoms with Crippen LogP contribution >= 0.6 is 11.6 Å². The molecule has 3 rings (SSSR count). The van der Waals surface area contributed by atoms with Crippen LogP contribution in [0.3, 0.4) is 0 Å². The second-order valence-corrected chi connectivity index (χ2v) is 5.65. The van der Waals surface area contributed by atoms with E-state index in [0.29, 0.717) is 5.92 Å². The minimum absolute atomic E-state index is 0.0631. The van der Waals surface area contributed by atoms with Crippen LogP contribution in [0.2, 0.25) is 0 Å². The lowest BCUT2D eigenvalue weighted by atomic mass is 9.84. The standard InChI is InChI=1S/C14H17ClN2O/c15-13(9-4-2-1-3-5-9)10-6-7-11-12(8-10)17-14(18)16-11/h6-9,13H,1-5H2,(H2,16,17,18). The first-order valence-electron chi connectivity index (χ1n) is 6.60. The number of imidazole rings is 1. The molecule has 1 aromatic carbocycles. The maximum absolute atomic E-state index is 11.2. The summed E-state index contributed by atoms with van der Waals surface area (Å²) >= 11 is 6.59. The van der Waals surface area contributed by atoms with Crippen LogP contribution in [0.5, 0.6) is 0 Å². The summed E-state index contributed by atoms with van der Waals surface area (Å²) in [6.07, 6.45) is 6.35. The minimum Gasteiger partial charge on any atom is -0.306 e. The zero-order chi connectivity index (χ0) is 12.5. The minimum atomic E-state index is -0.161. The molecule has 2 aromatic rings. The molecule has 1 aliphatic rings. The van der Waals surface area contributed by atoms with Crippen LogP contribution in [0, 0.1) is 5.92 Å². The van der Waals surface area contributed by atoms with Crippen molar-refractivity contribution in [3.8, 4) is 0 Å². The fourth-order valence-corrected chi connectivity index (χ4v) is 3.31. The Morgan fingerprint density at radius 2 is 1.83 bits per heavy atom. The predicted molar refractivity (Wildman–Crippen MR) is 74.1 cm³/mol. The summed E-state index contributed by atoms with van der Waals surface area (Å²) in [5.41, 5.74) is 2.65. The topological polar surface area (TPSA) is 48.6 Å². The summed E-state index contributed by atoms with van der Waals surface area (Å²) in [7, 11) is 0. The molecule has 0 aliphatic heterocycles. The molecular weight excluding hydrogens is 248 g/mol. The van der Waals surface area contributed by atoms with Gasteiger partial charge in [-0.05, 0) is 36.5 Å². The van der Waals surface area contributed by atoms with Crippen LogP contribution in [-0.4, -0.2) is 9.97 Å². The predicted octanol–water partition coefficient (Wildman–Crippen LogP) is 3.72. The van der Waals surface area contributed by atoms with Gasteiger partial charge >= 0.3 is 5.69 Å². The van der Waals surface area contributed by atoms with Gasteiger partial charge in [0.05, 0.1) is 16.4 Å². The summed E-state index contributed by atoms with van der Waals surface area (Å²) in [6, 6.07) is 5.96. The third kappa shape index (κ3) is 2.19. The number of benzene rings is 1. The summed E-state index contributed by atoms with van der Waals surface area (Å²) < 4.78 is 0. The van der Waals surface area contributed by atoms with Crippen molar-refractivity contribution in [2.75, 3.05) is 0 Å². The molecule has 2 N–H and O–H groups in total. The summed E-state index contributed by atoms with van der Waals surface area (Å²) in [5.74, 6) is 0.573. The molecule has 1 aromatic heterocycles. The lowest BCUT2D eigenvalue weighted by Crippen LogP contribution is -2.12. The highest BCUT2D eigenvalue weighted by molar-refractivity contribution is 6.21. The lowest BCUT2D eigenvalue weighted by molar-refractivity contribution is 0.348. The van der Waals surface area contributed by atoms with Gasteiger partial charge in [-0.25, -0.2) is 4.79 Å². The zero-order valence-electron chi connectivity index (χ0n) is 10.2. The molecule has 4 heteroatoms. The molecule has 0 saturated heterocycles. The molecule has 3 nitrogen and oxygen atoms in total. The van der Waals surface area contributed by atoms with E-state index in [0.717, 1.165) is 16.6 Å². The fourth-order valence-electron chi connectivity index (χ4n) is 2.92. The van der Waals surface area contributed by atoms with Gasteiger partial charge in [-0.2, -0.15) is 0 Å². The van der Waals surface area contributed by atoms with E-state index in [2.05, 4.69) is 9.97 Å². The maximum atomic E-state index is 11.2. The number of halogens is 1. The van der Waals surface area contributed by atoms with Crippen LogP contribution in [0.25, 0.3) is 11.0 Å². The van der Waals surface area contributed by atoms with Gasteiger partial charge in [0.2, 0.25) is 0 Å². The SMILES string of the molecule is O=c1[nH]c2ccc(C(Cl)C3CCCCC3)cc2[nH]1. The van der Waals surface area contributed by atoms with Crippen molar-refractivity contribution in [3.05, 3.63) is 34.2 Å². The largest absolute Gasteiger partial charge is 0.323 e. The average molecular weight is 265 g/mol. The van der Waals surface area contributed by atoms with Gasteiger partial charge < -0.3 is 9.97 Å². The van der Waals surface area contributed by atoms with Gasteiger partial charge in [-0.3, -0.25) is 0 Å². The zero-order valence-corrected chi connectivity index (χ0v) is 11.0. The van der Waals surface area contributed by atoms with E-state index in [-0.39, 0.29) is 11.1 Å². The first-order chi connectivity index (χ1) is 8.74. The van der Waals surface area contributed by atoms with Crippen molar-refractivity contribution in [2.45, 2.75) is 37.5 Å². The van der Waals surface area contributed by atoms with Crippen molar-refractivity contribution in [3.63, 3.8) is 0 Å². The molecule has 1 unspecified atom stereocenters. The molecular formula is C14H17ClN2O. The first-order valence-corrected chi connectivity index (χ1v) is 7.04. The highest BCUT2D eigenvalue weighted by Gasteiger charge is 2.23. The summed E-state index contributed by atoms with van der Waals surface area (Å²) in [4.78, 5) is 16.8. The molecule has 0 spiro atoms. The number of alkyl halides is 1. The molecule has 1 atom stereocenters. The Bertz CT molecular complexity index is 595. The number of hydrogen-bond donors (Lipinski definition) is 2. The van der Waals surface area contributed by atoms with Crippen molar-refractivity contribution in [1.82, 2.24) is 9.97 Å². The Hall–Kier alpha value is -1.22. The molecule has 18 heavy (non-hydrogen) atoms. The summed E-state index contributed by atoms with van der Waals surface area (Å²) in [6.45, 7) is 0. The van der Waals surface area contributed by atoms with Crippen molar-refractivity contribution >= 4 is 22.6 Å². The van der Waals surface area contributed by atoms with Crippen molar-refractivity contribution in [2.24, 2.45) is 5.92 Å². The third-order valence-corrected chi connectivity index (χ3v) is 4.53. The number of aromatic amines is 2. The Balaban J connectivity index is 1.90. The number of H-pyrrole nitrogens is 2. The molecule has 0 bridgehead atoms. The Kier molecular flexibility index (Phi) is 3.16. The van der Waals surface area contributed by atoms with Crippen LogP contribution < -0.4 is 5.69 Å². The Labute approximate surface area is 111 Å². The maximum Gasteiger partial charge on any atom is 0.323 e. The average Bonchev–Trinajstić information content (AvgIpc) is 2.78. The van der Waals surface area contributed by atoms with E-state index in [1.807, 2.05) is 18.2 Å². The number of nitrogens with one attached hydrogen (secondary N) is 2. The van der Waals surface area contributed by atoms with Gasteiger partial charge in [0.1, 0.15) is 0 Å². The third-order valence-electron chi connectivity index (χ3n) is 3.92. The molecule has 0 amide bonds. The second-order valence-electron chi connectivity index (χ2n) is 5.18. The van der Waals surface area contributed by atoms with Gasteiger partial charge in [-0.1, -0.05) is 25.3 Å². The van der Waals surface area contributed by atoms with Crippen molar-refractivity contribution in [1.29, 1.82) is 0 Å². The number of hydrogen-bond acceptors (Lipinski definition) is 1. The van der Waals surface area contributed by atoms with Crippen LogP contribution in [-0.2, 0) is 0 Å². The molecule has 1 saturated carbocycles. The van der Waals surface area contributed by atoms with E-state index in [4.69, 9.17) is 11.6 Å². The highest BCUT2D eigenvalue weighted by Crippen LogP contribution is 2.39. The van der Waals surface area contributed by atoms with E-state index in [1.165, 1.54) is 32.1 Å². The molecule has 1 fully saturated rings. The van der Waals surface area contributed by atoms with Gasteiger partial charge in [0, 0.05) is 0 Å². The Morgan fingerprint density at radius 3 is 2.61 bits per heavy atom. The smallest absolute Gasteiger partial charge is 0.306 e. The van der Waals surface area contributed by atoms with Crippen LogP contribution in [0.15, 0.2) is 23.0 Å². The van der Waals surface area contributed by atoms with E-state index in [9.17, 15) is 4.79 Å². The quantitative estimate of drug-likeness (QED) is 0.798. The molecule has 1 aliphatic carbocycles. The molecule has 1 heterocycles. The van der Waals surface area contributed by atoms with Gasteiger partial charge in [-0.15, -0.1) is 11.6 Å². The monoisotopic (exact) mass is 264 g/mol. The number of aromatic nitrogens is 2. The van der Waals surface area contributed by atoms with E-state index in [1.54, 1.807) is 0 Å². The van der Waals surface area contributed by atoms with E-state index >= 15 is 0 Å². The second kappa shape index (κ2) is 4.81. The normalized spacial score (nSPS) is 19.2. The molecule has 96 valence electrons. The number of rotatable bonds is 2. The van der Waals surface area contributed by atoms with Crippen LogP contribution in [0.1, 0.15) is 43.0 Å². The van der Waals surface area contributed by atoms with Crippen molar-refractivity contribution < 1.29 is 0 Å². The molecule has 0 radical (unpaired) electrons.